The van der Waals surface area contributed by atoms with Gasteiger partial charge in [-0.05, 0) is 76.3 Å². The van der Waals surface area contributed by atoms with E-state index in [-0.39, 0.29) is 17.1 Å². The van der Waals surface area contributed by atoms with Crippen molar-refractivity contribution >= 4 is 0 Å². The van der Waals surface area contributed by atoms with Crippen LogP contribution in [0.5, 0.6) is 0 Å². The summed E-state index contributed by atoms with van der Waals surface area (Å²) in [6.45, 7) is 13.2. The molecule has 0 N–H and O–H groups in total. The predicted molar refractivity (Wildman–Crippen MR) is 88.2 cm³/mol. The number of nitrogens with zero attached hydrogens (tertiary/aromatic N) is 1. The molecule has 2 aliphatic rings. The summed E-state index contributed by atoms with van der Waals surface area (Å²) in [5, 5.41) is 0. The van der Waals surface area contributed by atoms with E-state index >= 15 is 0 Å². The standard InChI is InChI=1S/C10H15.C9H14N.Fe/c1-6-7(2)9(4)10(5)8(6)3;1-8(10(2)3)9-6-4-5-7-9;/h1-5H3;4-8H,1-3H3;/t;8-;/m.0./s1. The van der Waals surface area contributed by atoms with Crippen LogP contribution in [-0.4, -0.2) is 25.0 Å². The minimum atomic E-state index is 0. The van der Waals surface area contributed by atoms with E-state index in [9.17, 15) is 0 Å². The molecule has 0 spiro atoms. The van der Waals surface area contributed by atoms with Gasteiger partial charge < -0.3 is 4.90 Å². The van der Waals surface area contributed by atoms with E-state index in [2.05, 4.69) is 86.2 Å². The van der Waals surface area contributed by atoms with Gasteiger partial charge in [0, 0.05) is 29.0 Å². The molecule has 0 aromatic rings. The Bertz CT molecular complexity index is 223. The van der Waals surface area contributed by atoms with Gasteiger partial charge in [-0.15, -0.1) is 0 Å². The zero-order valence-corrected chi connectivity index (χ0v) is 15.8. The molecule has 1 atom stereocenters. The monoisotopic (exact) mass is 327 g/mol. The number of hydrogen-bond donors (Lipinski definition) is 0. The smallest absolute Gasteiger partial charge is 0.0129 e. The average molecular weight is 327 g/mol. The Morgan fingerprint density at radius 3 is 1.24 bits per heavy atom. The van der Waals surface area contributed by atoms with Crippen molar-refractivity contribution in [1.29, 1.82) is 0 Å². The molecule has 1 nitrogen and oxygen atoms in total. The Hall–Kier alpha value is 0.479. The summed E-state index contributed by atoms with van der Waals surface area (Å²) in [5.74, 6) is 8.73. The van der Waals surface area contributed by atoms with Crippen molar-refractivity contribution < 1.29 is 17.1 Å². The SMILES string of the molecule is C[C@@H]([C]1[CH][CH][CH][CH]1)N(C)C.C[C]1[C](C)[C](C)[C](C)[C]1C.[Fe]. The molecule has 2 aliphatic carbocycles. The molecule has 2 rings (SSSR count). The van der Waals surface area contributed by atoms with Crippen LogP contribution in [-0.2, 0) is 17.1 Å². The van der Waals surface area contributed by atoms with Crippen LogP contribution >= 0.6 is 0 Å². The van der Waals surface area contributed by atoms with Crippen LogP contribution in [0.4, 0.5) is 0 Å². The minimum Gasteiger partial charge on any atom is -0.306 e. The molecule has 0 aromatic heterocycles. The van der Waals surface area contributed by atoms with E-state index in [1.54, 1.807) is 0 Å². The second kappa shape index (κ2) is 9.58. The van der Waals surface area contributed by atoms with E-state index in [1.165, 1.54) is 35.5 Å². The summed E-state index contributed by atoms with van der Waals surface area (Å²) >= 11 is 0. The molecular weight excluding hydrogens is 298 g/mol. The van der Waals surface area contributed by atoms with Crippen molar-refractivity contribution in [3.63, 3.8) is 0 Å². The van der Waals surface area contributed by atoms with Crippen molar-refractivity contribution in [3.8, 4) is 0 Å². The third-order valence-corrected chi connectivity index (χ3v) is 4.76. The second-order valence-electron chi connectivity index (χ2n) is 5.98. The van der Waals surface area contributed by atoms with Crippen molar-refractivity contribution in [3.05, 3.63) is 61.2 Å². The van der Waals surface area contributed by atoms with Gasteiger partial charge in [0.2, 0.25) is 0 Å². The molecule has 0 heterocycles. The Balaban J connectivity index is 0.000000364. The van der Waals surface area contributed by atoms with Gasteiger partial charge in [-0.1, -0.05) is 34.6 Å². The first kappa shape index (κ1) is 21.5. The zero-order chi connectivity index (χ0) is 15.4. The fraction of sp³-hybridized carbons (Fsp3) is 0.474. The third kappa shape index (κ3) is 5.56. The van der Waals surface area contributed by atoms with Crippen molar-refractivity contribution in [2.75, 3.05) is 14.1 Å². The maximum atomic E-state index is 2.20. The summed E-state index contributed by atoms with van der Waals surface area (Å²) in [7, 11) is 4.19. The predicted octanol–water partition coefficient (Wildman–Crippen LogP) is 4.31. The Morgan fingerprint density at radius 1 is 0.714 bits per heavy atom. The Labute approximate surface area is 145 Å². The zero-order valence-electron chi connectivity index (χ0n) is 14.7. The summed E-state index contributed by atoms with van der Waals surface area (Å²) < 4.78 is 0. The van der Waals surface area contributed by atoms with Crippen molar-refractivity contribution in [2.24, 2.45) is 0 Å². The van der Waals surface area contributed by atoms with Crippen LogP contribution in [0.15, 0.2) is 0 Å². The molecule has 2 heteroatoms. The van der Waals surface area contributed by atoms with Gasteiger partial charge >= 0.3 is 0 Å². The van der Waals surface area contributed by atoms with Gasteiger partial charge in [-0.3, -0.25) is 0 Å². The molecular formula is C19H29FeN. The fourth-order valence-electron chi connectivity index (χ4n) is 2.37. The molecule has 0 bridgehead atoms. The second-order valence-corrected chi connectivity index (χ2v) is 5.98. The van der Waals surface area contributed by atoms with E-state index < -0.39 is 0 Å². The van der Waals surface area contributed by atoms with Gasteiger partial charge in [-0.25, -0.2) is 0 Å². The largest absolute Gasteiger partial charge is 0.306 e. The maximum Gasteiger partial charge on any atom is 0.0129 e. The first-order valence-electron chi connectivity index (χ1n) is 7.35. The number of rotatable bonds is 2. The van der Waals surface area contributed by atoms with Crippen molar-refractivity contribution in [1.82, 2.24) is 4.90 Å². The van der Waals surface area contributed by atoms with Crippen LogP contribution in [0.3, 0.4) is 0 Å². The molecule has 0 unspecified atom stereocenters. The van der Waals surface area contributed by atoms with E-state index in [0.717, 1.165) is 0 Å². The Kier molecular flexibility index (Phi) is 9.80. The summed E-state index contributed by atoms with van der Waals surface area (Å²) in [5.41, 5.74) is 0. The summed E-state index contributed by atoms with van der Waals surface area (Å²) in [6, 6.07) is 0.537. The molecule has 0 aromatic carbocycles. The number of hydrogen-bond acceptors (Lipinski definition) is 1. The van der Waals surface area contributed by atoms with Crippen LogP contribution in [0, 0.1) is 61.2 Å². The van der Waals surface area contributed by atoms with Crippen LogP contribution in [0.25, 0.3) is 0 Å². The molecule has 0 saturated heterocycles. The van der Waals surface area contributed by atoms with Crippen molar-refractivity contribution in [2.45, 2.75) is 47.6 Å². The van der Waals surface area contributed by atoms with E-state index in [4.69, 9.17) is 0 Å². The van der Waals surface area contributed by atoms with Crippen LogP contribution in [0.1, 0.15) is 41.5 Å². The average Bonchev–Trinajstić information content (AvgIpc) is 3.01. The first-order valence-corrected chi connectivity index (χ1v) is 7.35. The van der Waals surface area contributed by atoms with Crippen LogP contribution < -0.4 is 0 Å². The van der Waals surface area contributed by atoms with Gasteiger partial charge in [0.25, 0.3) is 0 Å². The minimum absolute atomic E-state index is 0. The van der Waals surface area contributed by atoms with E-state index in [1.807, 2.05) is 0 Å². The molecule has 2 saturated carbocycles. The Morgan fingerprint density at radius 2 is 1.00 bits per heavy atom. The van der Waals surface area contributed by atoms with Gasteiger partial charge in [-0.2, -0.15) is 0 Å². The molecule has 0 aliphatic heterocycles. The maximum absolute atomic E-state index is 2.20. The third-order valence-electron chi connectivity index (χ3n) is 4.76. The quantitative estimate of drug-likeness (QED) is 0.683. The van der Waals surface area contributed by atoms with Crippen LogP contribution in [0.2, 0.25) is 0 Å². The van der Waals surface area contributed by atoms with Gasteiger partial charge in [0.1, 0.15) is 0 Å². The summed E-state index contributed by atoms with van der Waals surface area (Å²) in [6.07, 6.45) is 8.47. The van der Waals surface area contributed by atoms with E-state index in [0.29, 0.717) is 6.04 Å². The fourth-order valence-corrected chi connectivity index (χ4v) is 2.37. The molecule has 0 amide bonds. The normalized spacial score (nSPS) is 25.0. The molecule has 21 heavy (non-hydrogen) atoms. The first-order chi connectivity index (χ1) is 9.27. The summed E-state index contributed by atoms with van der Waals surface area (Å²) in [4.78, 5) is 2.20. The molecule has 2 fully saturated rings. The van der Waals surface area contributed by atoms with Gasteiger partial charge in [0.15, 0.2) is 0 Å². The molecule has 118 valence electrons. The topological polar surface area (TPSA) is 3.24 Å². The van der Waals surface area contributed by atoms with Gasteiger partial charge in [0.05, 0.1) is 0 Å². The molecule has 10 radical (unpaired) electrons.